The van der Waals surface area contributed by atoms with Crippen molar-refractivity contribution in [3.63, 3.8) is 0 Å². The molecule has 0 aromatic heterocycles. The number of carbonyl (C=O) groups is 1. The summed E-state index contributed by atoms with van der Waals surface area (Å²) in [5.74, 6) is 0.585. The lowest BCUT2D eigenvalue weighted by Crippen LogP contribution is -2.33. The van der Waals surface area contributed by atoms with E-state index in [9.17, 15) is 4.79 Å². The van der Waals surface area contributed by atoms with E-state index in [1.165, 1.54) is 14.2 Å². The molecule has 1 aliphatic rings. The lowest BCUT2D eigenvalue weighted by molar-refractivity contribution is -0.139. The van der Waals surface area contributed by atoms with Crippen molar-refractivity contribution < 1.29 is 19.0 Å². The minimum absolute atomic E-state index is 0.136. The fourth-order valence-corrected chi connectivity index (χ4v) is 1.93. The number of carbonyl (C=O) groups excluding carboxylic acids is 1. The van der Waals surface area contributed by atoms with Crippen LogP contribution in [-0.4, -0.2) is 39.1 Å². The Labute approximate surface area is 104 Å². The first-order valence-electron chi connectivity index (χ1n) is 5.31. The summed E-state index contributed by atoms with van der Waals surface area (Å²) in [4.78, 5) is 11.5. The lowest BCUT2D eigenvalue weighted by atomic mass is 10.1. The number of nitrogens with one attached hydrogen (secondary N) is 2. The molecule has 0 saturated carbocycles. The molecule has 0 bridgehead atoms. The van der Waals surface area contributed by atoms with Crippen molar-refractivity contribution in [1.82, 2.24) is 0 Å². The molecule has 1 aliphatic heterocycles. The number of hydrogen-bond donors (Lipinski definition) is 2. The van der Waals surface area contributed by atoms with Gasteiger partial charge >= 0.3 is 5.97 Å². The van der Waals surface area contributed by atoms with Crippen molar-refractivity contribution >= 4 is 17.4 Å². The van der Waals surface area contributed by atoms with Crippen LogP contribution in [0.2, 0.25) is 0 Å². The van der Waals surface area contributed by atoms with Crippen LogP contribution in [0.4, 0.5) is 5.69 Å². The van der Waals surface area contributed by atoms with Gasteiger partial charge in [-0.15, -0.1) is 0 Å². The van der Waals surface area contributed by atoms with Gasteiger partial charge in [-0.05, 0) is 0 Å². The van der Waals surface area contributed by atoms with Gasteiger partial charge in [0.25, 0.3) is 0 Å². The molecule has 1 heterocycles. The molecular formula is C12H14N2O4. The van der Waals surface area contributed by atoms with Crippen LogP contribution in [0.25, 0.3) is 0 Å². The highest BCUT2D eigenvalue weighted by atomic mass is 16.5. The summed E-state index contributed by atoms with van der Waals surface area (Å²) < 4.78 is 15.0. The second-order valence-electron chi connectivity index (χ2n) is 3.77. The SMILES string of the molecule is COC(=O)[C@H]1Nc2cc(OC)cc(OC)c2C1=N. The van der Waals surface area contributed by atoms with E-state index in [1.54, 1.807) is 19.2 Å². The minimum atomic E-state index is -0.800. The zero-order valence-corrected chi connectivity index (χ0v) is 10.4. The van der Waals surface area contributed by atoms with Gasteiger partial charge in [0, 0.05) is 12.1 Å². The van der Waals surface area contributed by atoms with Crippen molar-refractivity contribution in [3.05, 3.63) is 17.7 Å². The first kappa shape index (κ1) is 12.2. The topological polar surface area (TPSA) is 80.6 Å². The summed E-state index contributed by atoms with van der Waals surface area (Å²) in [5, 5.41) is 10.9. The first-order valence-corrected chi connectivity index (χ1v) is 5.31. The van der Waals surface area contributed by atoms with E-state index in [4.69, 9.17) is 14.9 Å². The Morgan fingerprint density at radius 1 is 1.28 bits per heavy atom. The van der Waals surface area contributed by atoms with E-state index >= 15 is 0 Å². The van der Waals surface area contributed by atoms with E-state index in [1.807, 2.05) is 0 Å². The van der Waals surface area contributed by atoms with Crippen LogP contribution in [0.5, 0.6) is 11.5 Å². The molecule has 1 aromatic rings. The van der Waals surface area contributed by atoms with Gasteiger partial charge in [-0.1, -0.05) is 0 Å². The Hall–Kier alpha value is -2.24. The molecule has 6 heteroatoms. The second-order valence-corrected chi connectivity index (χ2v) is 3.77. The van der Waals surface area contributed by atoms with Gasteiger partial charge in [-0.3, -0.25) is 0 Å². The van der Waals surface area contributed by atoms with Gasteiger partial charge in [0.2, 0.25) is 0 Å². The third-order valence-corrected chi connectivity index (χ3v) is 2.83. The average Bonchev–Trinajstić information content (AvgIpc) is 2.74. The summed E-state index contributed by atoms with van der Waals surface area (Å²) in [5.41, 5.74) is 1.33. The number of fused-ring (bicyclic) bond motifs is 1. The van der Waals surface area contributed by atoms with Crippen molar-refractivity contribution in [1.29, 1.82) is 5.41 Å². The number of ether oxygens (including phenoxy) is 3. The molecule has 0 spiro atoms. The summed E-state index contributed by atoms with van der Waals surface area (Å²) >= 11 is 0. The summed E-state index contributed by atoms with van der Waals surface area (Å²) in [6.45, 7) is 0. The smallest absolute Gasteiger partial charge is 0.334 e. The van der Waals surface area contributed by atoms with Crippen LogP contribution in [0.1, 0.15) is 5.56 Å². The monoisotopic (exact) mass is 250 g/mol. The molecule has 2 rings (SSSR count). The van der Waals surface area contributed by atoms with Crippen LogP contribution < -0.4 is 14.8 Å². The van der Waals surface area contributed by atoms with Crippen LogP contribution in [0, 0.1) is 5.41 Å². The highest BCUT2D eigenvalue weighted by molar-refractivity contribution is 6.23. The third kappa shape index (κ3) is 1.75. The molecule has 96 valence electrons. The number of hydrogen-bond acceptors (Lipinski definition) is 6. The molecule has 1 aromatic carbocycles. The maximum atomic E-state index is 11.5. The van der Waals surface area contributed by atoms with Gasteiger partial charge in [0.05, 0.1) is 38.3 Å². The Bertz CT molecular complexity index is 513. The average molecular weight is 250 g/mol. The normalized spacial score (nSPS) is 16.8. The number of anilines is 1. The molecule has 1 atom stereocenters. The number of rotatable bonds is 3. The predicted octanol–water partition coefficient (Wildman–Crippen LogP) is 1.04. The van der Waals surface area contributed by atoms with Crippen molar-refractivity contribution in [2.45, 2.75) is 6.04 Å². The quantitative estimate of drug-likeness (QED) is 0.783. The van der Waals surface area contributed by atoms with Gasteiger partial charge in [-0.25, -0.2) is 4.79 Å². The Morgan fingerprint density at radius 2 is 2.00 bits per heavy atom. The summed E-state index contributed by atoms with van der Waals surface area (Å²) in [7, 11) is 4.34. The van der Waals surface area contributed by atoms with Gasteiger partial charge in [0.1, 0.15) is 11.5 Å². The van der Waals surface area contributed by atoms with Crippen molar-refractivity contribution in [2.75, 3.05) is 26.6 Å². The third-order valence-electron chi connectivity index (χ3n) is 2.83. The molecule has 2 N–H and O–H groups in total. The zero-order valence-electron chi connectivity index (χ0n) is 10.4. The highest BCUT2D eigenvalue weighted by Crippen LogP contribution is 2.37. The Morgan fingerprint density at radius 3 is 2.56 bits per heavy atom. The molecule has 0 fully saturated rings. The van der Waals surface area contributed by atoms with Crippen LogP contribution >= 0.6 is 0 Å². The van der Waals surface area contributed by atoms with Gasteiger partial charge in [0.15, 0.2) is 6.04 Å². The van der Waals surface area contributed by atoms with Crippen molar-refractivity contribution in [2.24, 2.45) is 0 Å². The van der Waals surface area contributed by atoms with E-state index in [-0.39, 0.29) is 5.71 Å². The lowest BCUT2D eigenvalue weighted by Gasteiger charge is -2.09. The standard InChI is InChI=1S/C12H14N2O4/c1-16-6-4-7-9(8(5-6)17-2)10(13)11(14-7)12(15)18-3/h4-5,11,13-14H,1-3H3/t11-/m0/s1. The number of benzene rings is 1. The second kappa shape index (κ2) is 4.56. The number of esters is 1. The molecule has 0 aliphatic carbocycles. The van der Waals surface area contributed by atoms with Crippen LogP contribution in [-0.2, 0) is 9.53 Å². The molecular weight excluding hydrogens is 236 g/mol. The Kier molecular flexibility index (Phi) is 3.10. The van der Waals surface area contributed by atoms with Crippen molar-refractivity contribution in [3.8, 4) is 11.5 Å². The molecule has 0 radical (unpaired) electrons. The van der Waals surface area contributed by atoms with E-state index in [0.717, 1.165) is 0 Å². The van der Waals surface area contributed by atoms with E-state index in [0.29, 0.717) is 22.7 Å². The number of methoxy groups -OCH3 is 3. The molecule has 18 heavy (non-hydrogen) atoms. The highest BCUT2D eigenvalue weighted by Gasteiger charge is 2.36. The maximum absolute atomic E-state index is 11.5. The molecule has 0 amide bonds. The van der Waals surface area contributed by atoms with Crippen LogP contribution in [0.15, 0.2) is 12.1 Å². The maximum Gasteiger partial charge on any atom is 0.334 e. The fraction of sp³-hybridized carbons (Fsp3) is 0.333. The first-order chi connectivity index (χ1) is 8.62. The summed E-state index contributed by atoms with van der Waals surface area (Å²) in [6.07, 6.45) is 0. The largest absolute Gasteiger partial charge is 0.497 e. The Balaban J connectivity index is 2.47. The molecule has 0 unspecified atom stereocenters. The van der Waals surface area contributed by atoms with E-state index < -0.39 is 12.0 Å². The van der Waals surface area contributed by atoms with Gasteiger partial charge < -0.3 is 24.9 Å². The zero-order chi connectivity index (χ0) is 13.3. The fourth-order valence-electron chi connectivity index (χ4n) is 1.93. The van der Waals surface area contributed by atoms with Crippen LogP contribution in [0.3, 0.4) is 0 Å². The molecule has 0 saturated heterocycles. The van der Waals surface area contributed by atoms with Gasteiger partial charge in [-0.2, -0.15) is 0 Å². The summed E-state index contributed by atoms with van der Waals surface area (Å²) in [6, 6.07) is 2.59. The minimum Gasteiger partial charge on any atom is -0.497 e. The molecule has 6 nitrogen and oxygen atoms in total. The predicted molar refractivity (Wildman–Crippen MR) is 65.8 cm³/mol. The van der Waals surface area contributed by atoms with E-state index in [2.05, 4.69) is 10.1 Å².